The third-order valence-corrected chi connectivity index (χ3v) is 2.94. The van der Waals surface area contributed by atoms with E-state index in [4.69, 9.17) is 4.74 Å². The Bertz CT molecular complexity index is 263. The smallest absolute Gasteiger partial charge is 0.248 e. The van der Waals surface area contributed by atoms with Crippen molar-refractivity contribution in [3.63, 3.8) is 0 Å². The molecule has 0 aromatic rings. The molecule has 0 saturated carbocycles. The van der Waals surface area contributed by atoms with Gasteiger partial charge in [0.05, 0.1) is 4.83 Å². The van der Waals surface area contributed by atoms with E-state index in [0.717, 1.165) is 0 Å². The predicted octanol–water partition coefficient (Wildman–Crippen LogP) is 0.0870. The summed E-state index contributed by atoms with van der Waals surface area (Å²) in [7, 11) is 1.50. The second kappa shape index (κ2) is 6.20. The summed E-state index contributed by atoms with van der Waals surface area (Å²) in [5.74, 6) is 0.0698. The van der Waals surface area contributed by atoms with E-state index < -0.39 is 0 Å². The molecular weight excluding hydrogens is 276 g/mol. The number of carbonyl (C=O) groups excluding carboxylic acids is 2. The molecule has 1 aliphatic rings. The van der Waals surface area contributed by atoms with Crippen molar-refractivity contribution >= 4 is 27.7 Å². The average Bonchev–Trinajstić information content (AvgIpc) is 2.28. The molecule has 2 amide bonds. The second-order valence-electron chi connectivity index (χ2n) is 3.76. The minimum absolute atomic E-state index is 0.0125. The number of hydrogen-bond acceptors (Lipinski definition) is 3. The van der Waals surface area contributed by atoms with Gasteiger partial charge in [-0.15, -0.1) is 0 Å². The lowest BCUT2D eigenvalue weighted by molar-refractivity contribution is -0.141. The lowest BCUT2D eigenvalue weighted by Gasteiger charge is -2.35. The van der Waals surface area contributed by atoms with Crippen molar-refractivity contribution in [3.05, 3.63) is 0 Å². The number of alkyl halides is 1. The van der Waals surface area contributed by atoms with Gasteiger partial charge in [0, 0.05) is 33.3 Å². The summed E-state index contributed by atoms with van der Waals surface area (Å²) in [4.78, 5) is 26.5. The normalized spacial score (nSPS) is 18.4. The zero-order valence-corrected chi connectivity index (χ0v) is 11.2. The molecule has 0 spiro atoms. The Labute approximate surface area is 104 Å². The highest BCUT2D eigenvalue weighted by Crippen LogP contribution is 2.08. The van der Waals surface area contributed by atoms with E-state index in [1.807, 2.05) is 6.92 Å². The molecule has 1 atom stereocenters. The summed E-state index contributed by atoms with van der Waals surface area (Å²) in [6, 6.07) is 0. The van der Waals surface area contributed by atoms with Crippen molar-refractivity contribution in [2.24, 2.45) is 0 Å². The van der Waals surface area contributed by atoms with E-state index in [1.54, 1.807) is 9.80 Å². The van der Waals surface area contributed by atoms with Crippen LogP contribution in [0.25, 0.3) is 0 Å². The predicted molar refractivity (Wildman–Crippen MR) is 63.4 cm³/mol. The molecule has 0 N–H and O–H groups in total. The van der Waals surface area contributed by atoms with E-state index in [1.165, 1.54) is 7.11 Å². The molecule has 1 aliphatic heterocycles. The van der Waals surface area contributed by atoms with Crippen LogP contribution < -0.4 is 0 Å². The van der Waals surface area contributed by atoms with Crippen LogP contribution in [0.5, 0.6) is 0 Å². The first-order valence-electron chi connectivity index (χ1n) is 5.26. The van der Waals surface area contributed by atoms with Crippen molar-refractivity contribution in [2.75, 3.05) is 39.9 Å². The number of piperazine rings is 1. The fraction of sp³-hybridized carbons (Fsp3) is 0.800. The zero-order valence-electron chi connectivity index (χ0n) is 9.61. The van der Waals surface area contributed by atoms with Crippen LogP contribution in [0.3, 0.4) is 0 Å². The lowest BCUT2D eigenvalue weighted by atomic mass is 10.3. The number of methoxy groups -OCH3 is 1. The van der Waals surface area contributed by atoms with Gasteiger partial charge in [0.2, 0.25) is 11.8 Å². The quantitative estimate of drug-likeness (QED) is 0.693. The van der Waals surface area contributed by atoms with Gasteiger partial charge in [-0.05, 0) is 6.92 Å². The molecular formula is C10H17BrN2O3. The van der Waals surface area contributed by atoms with Gasteiger partial charge >= 0.3 is 0 Å². The van der Waals surface area contributed by atoms with Crippen molar-refractivity contribution in [1.29, 1.82) is 0 Å². The maximum absolute atomic E-state index is 11.7. The first kappa shape index (κ1) is 13.4. The van der Waals surface area contributed by atoms with Crippen LogP contribution in [0.2, 0.25) is 0 Å². The van der Waals surface area contributed by atoms with Crippen LogP contribution in [-0.2, 0) is 14.3 Å². The van der Waals surface area contributed by atoms with Crippen LogP contribution in [0.15, 0.2) is 0 Å². The maximum atomic E-state index is 11.7. The molecule has 0 aliphatic carbocycles. The standard InChI is InChI=1S/C10H17BrN2O3/c1-8(11)10(15)13-5-3-12(4-6-13)9(14)7-16-2/h8H,3-7H2,1-2H3. The van der Waals surface area contributed by atoms with E-state index in [9.17, 15) is 9.59 Å². The van der Waals surface area contributed by atoms with Gasteiger partial charge < -0.3 is 14.5 Å². The van der Waals surface area contributed by atoms with Crippen LogP contribution in [-0.4, -0.2) is 66.3 Å². The highest BCUT2D eigenvalue weighted by Gasteiger charge is 2.25. The number of carbonyl (C=O) groups is 2. The average molecular weight is 293 g/mol. The highest BCUT2D eigenvalue weighted by molar-refractivity contribution is 9.10. The molecule has 6 heteroatoms. The van der Waals surface area contributed by atoms with Gasteiger partial charge in [-0.2, -0.15) is 0 Å². The summed E-state index contributed by atoms with van der Waals surface area (Å²) < 4.78 is 4.79. The summed E-state index contributed by atoms with van der Waals surface area (Å²) in [5, 5.41) is 0. The molecule has 0 bridgehead atoms. The molecule has 0 aromatic carbocycles. The van der Waals surface area contributed by atoms with Gasteiger partial charge in [0.1, 0.15) is 6.61 Å². The van der Waals surface area contributed by atoms with E-state index in [2.05, 4.69) is 15.9 Å². The minimum Gasteiger partial charge on any atom is -0.375 e. The van der Waals surface area contributed by atoms with E-state index >= 15 is 0 Å². The van der Waals surface area contributed by atoms with Gasteiger partial charge in [-0.1, -0.05) is 15.9 Å². The molecule has 1 rings (SSSR count). The third kappa shape index (κ3) is 3.45. The molecule has 5 nitrogen and oxygen atoms in total. The van der Waals surface area contributed by atoms with Gasteiger partial charge in [0.15, 0.2) is 0 Å². The van der Waals surface area contributed by atoms with Crippen LogP contribution in [0.4, 0.5) is 0 Å². The lowest BCUT2D eigenvalue weighted by Crippen LogP contribution is -2.52. The first-order valence-corrected chi connectivity index (χ1v) is 6.17. The molecule has 1 saturated heterocycles. The Morgan fingerprint density at radius 2 is 1.75 bits per heavy atom. The van der Waals surface area contributed by atoms with Crippen molar-refractivity contribution in [2.45, 2.75) is 11.8 Å². The number of halogens is 1. The Morgan fingerprint density at radius 1 is 1.25 bits per heavy atom. The monoisotopic (exact) mass is 292 g/mol. The molecule has 0 aromatic heterocycles. The highest BCUT2D eigenvalue weighted by atomic mass is 79.9. The second-order valence-corrected chi connectivity index (χ2v) is 5.13. The fourth-order valence-corrected chi connectivity index (χ4v) is 1.93. The number of rotatable bonds is 3. The summed E-state index contributed by atoms with van der Waals surface area (Å²) >= 11 is 3.25. The SMILES string of the molecule is COCC(=O)N1CCN(C(=O)C(C)Br)CC1. The minimum atomic E-state index is -0.159. The van der Waals surface area contributed by atoms with Crippen LogP contribution in [0, 0.1) is 0 Å². The van der Waals surface area contributed by atoms with Crippen LogP contribution in [0.1, 0.15) is 6.92 Å². The Morgan fingerprint density at radius 3 is 2.19 bits per heavy atom. The fourth-order valence-electron chi connectivity index (χ4n) is 1.64. The summed E-state index contributed by atoms with van der Waals surface area (Å²) in [5.41, 5.74) is 0. The summed E-state index contributed by atoms with van der Waals surface area (Å²) in [6.07, 6.45) is 0. The molecule has 0 radical (unpaired) electrons. The van der Waals surface area contributed by atoms with E-state index in [-0.39, 0.29) is 23.2 Å². The van der Waals surface area contributed by atoms with Crippen molar-refractivity contribution < 1.29 is 14.3 Å². The molecule has 16 heavy (non-hydrogen) atoms. The number of nitrogens with zero attached hydrogens (tertiary/aromatic N) is 2. The molecule has 1 fully saturated rings. The maximum Gasteiger partial charge on any atom is 0.248 e. The van der Waals surface area contributed by atoms with Gasteiger partial charge in [0.25, 0.3) is 0 Å². The van der Waals surface area contributed by atoms with Crippen LogP contribution >= 0.6 is 15.9 Å². The topological polar surface area (TPSA) is 49.9 Å². The first-order chi connectivity index (χ1) is 7.56. The van der Waals surface area contributed by atoms with Gasteiger partial charge in [-0.25, -0.2) is 0 Å². The third-order valence-electron chi connectivity index (χ3n) is 2.55. The van der Waals surface area contributed by atoms with Gasteiger partial charge in [-0.3, -0.25) is 9.59 Å². The number of ether oxygens (including phenoxy) is 1. The van der Waals surface area contributed by atoms with Crippen molar-refractivity contribution in [3.8, 4) is 0 Å². The Kier molecular flexibility index (Phi) is 5.21. The number of hydrogen-bond donors (Lipinski definition) is 0. The van der Waals surface area contributed by atoms with E-state index in [0.29, 0.717) is 26.2 Å². The molecule has 1 heterocycles. The Balaban J connectivity index is 2.39. The largest absolute Gasteiger partial charge is 0.375 e. The summed E-state index contributed by atoms with van der Waals surface area (Å²) in [6.45, 7) is 4.31. The Hall–Kier alpha value is -0.620. The molecule has 92 valence electrons. The van der Waals surface area contributed by atoms with Crippen molar-refractivity contribution in [1.82, 2.24) is 9.80 Å². The zero-order chi connectivity index (χ0) is 12.1. The number of amides is 2. The molecule has 1 unspecified atom stereocenters.